The Morgan fingerprint density at radius 2 is 2.13 bits per heavy atom. The Hall–Kier alpha value is -3.36. The van der Waals surface area contributed by atoms with E-state index >= 15 is 0 Å². The van der Waals surface area contributed by atoms with Crippen molar-refractivity contribution in [2.45, 2.75) is 39.7 Å². The lowest BCUT2D eigenvalue weighted by Gasteiger charge is -2.27. The lowest BCUT2D eigenvalue weighted by Crippen LogP contribution is -2.24. The zero-order chi connectivity index (χ0) is 21.5. The van der Waals surface area contributed by atoms with Gasteiger partial charge in [0, 0.05) is 18.3 Å². The molecule has 3 aromatic rings. The summed E-state index contributed by atoms with van der Waals surface area (Å²) in [7, 11) is 0. The summed E-state index contributed by atoms with van der Waals surface area (Å²) >= 11 is 0. The van der Waals surface area contributed by atoms with Crippen molar-refractivity contribution in [3.8, 4) is 0 Å². The highest BCUT2D eigenvalue weighted by molar-refractivity contribution is 5.62. The van der Waals surface area contributed by atoms with Crippen LogP contribution in [-0.2, 0) is 0 Å². The summed E-state index contributed by atoms with van der Waals surface area (Å²) in [5.74, 6) is 0.211. The average Bonchev–Trinajstić information content (AvgIpc) is 3.32. The second-order valence-corrected chi connectivity index (χ2v) is 8.52. The quantitative estimate of drug-likeness (QED) is 0.462. The fourth-order valence-electron chi connectivity index (χ4n) is 3.70. The van der Waals surface area contributed by atoms with Crippen LogP contribution < -0.4 is 4.90 Å². The Bertz CT molecular complexity index is 1130. The molecule has 0 spiro atoms. The Balaban J connectivity index is 1.75. The second-order valence-electron chi connectivity index (χ2n) is 8.52. The molecule has 8 nitrogen and oxygen atoms in total. The lowest BCUT2D eigenvalue weighted by molar-refractivity contribution is -0.383. The van der Waals surface area contributed by atoms with E-state index in [1.54, 1.807) is 12.3 Å². The monoisotopic (exact) mass is 410 g/mol. The summed E-state index contributed by atoms with van der Waals surface area (Å²) < 4.78 is 15.5. The van der Waals surface area contributed by atoms with Gasteiger partial charge in [0.05, 0.1) is 22.9 Å². The molecule has 0 amide bonds. The van der Waals surface area contributed by atoms with E-state index in [0.29, 0.717) is 12.4 Å². The third-order valence-electron chi connectivity index (χ3n) is 5.10. The predicted octanol–water partition coefficient (Wildman–Crippen LogP) is 4.57. The van der Waals surface area contributed by atoms with Crippen LogP contribution in [0, 0.1) is 21.3 Å². The molecule has 4 heterocycles. The number of halogens is 1. The number of hydrogen-bond donors (Lipinski definition) is 0. The molecular formula is C21H23FN6O2. The molecule has 1 aliphatic rings. The van der Waals surface area contributed by atoms with Gasteiger partial charge in [0.15, 0.2) is 0 Å². The molecule has 156 valence electrons. The van der Waals surface area contributed by atoms with Crippen LogP contribution in [0.3, 0.4) is 0 Å². The third-order valence-corrected chi connectivity index (χ3v) is 5.10. The first-order chi connectivity index (χ1) is 14.2. The molecule has 0 N–H and O–H groups in total. The third kappa shape index (κ3) is 3.87. The number of pyridine rings is 1. The Morgan fingerprint density at radius 1 is 1.33 bits per heavy atom. The fraction of sp³-hybridized carbons (Fsp3) is 0.381. The van der Waals surface area contributed by atoms with E-state index in [-0.39, 0.29) is 28.6 Å². The highest BCUT2D eigenvalue weighted by Gasteiger charge is 2.30. The van der Waals surface area contributed by atoms with Gasteiger partial charge in [-0.2, -0.15) is 5.10 Å². The molecule has 0 aliphatic carbocycles. The van der Waals surface area contributed by atoms with Crippen LogP contribution >= 0.6 is 0 Å². The molecule has 1 fully saturated rings. The van der Waals surface area contributed by atoms with Crippen molar-refractivity contribution in [3.63, 3.8) is 0 Å². The van der Waals surface area contributed by atoms with Crippen LogP contribution in [0.15, 0.2) is 36.8 Å². The minimum absolute atomic E-state index is 0.0315. The summed E-state index contributed by atoms with van der Waals surface area (Å²) in [5.41, 5.74) is 1.52. The molecule has 0 saturated carbocycles. The van der Waals surface area contributed by atoms with E-state index < -0.39 is 4.92 Å². The molecule has 1 unspecified atom stereocenters. The van der Waals surface area contributed by atoms with Crippen molar-refractivity contribution >= 4 is 23.2 Å². The Morgan fingerprint density at radius 3 is 2.87 bits per heavy atom. The Kier molecular flexibility index (Phi) is 4.97. The van der Waals surface area contributed by atoms with Crippen molar-refractivity contribution in [1.82, 2.24) is 19.6 Å². The van der Waals surface area contributed by atoms with Crippen LogP contribution in [-0.4, -0.2) is 31.1 Å². The molecule has 1 saturated heterocycles. The first-order valence-electron chi connectivity index (χ1n) is 9.83. The SMILES string of the molecule is CC(C)(C)/C=C/c1ncc(F)cc1C1CCCN1c1ccn2ncc([N+](=O)[O-])c2n1. The molecule has 0 radical (unpaired) electrons. The predicted molar refractivity (Wildman–Crippen MR) is 112 cm³/mol. The highest BCUT2D eigenvalue weighted by atomic mass is 19.1. The van der Waals surface area contributed by atoms with Crippen molar-refractivity contribution < 1.29 is 9.31 Å². The van der Waals surface area contributed by atoms with Gasteiger partial charge in [-0.1, -0.05) is 26.8 Å². The van der Waals surface area contributed by atoms with E-state index in [1.807, 2.05) is 6.08 Å². The zero-order valence-corrected chi connectivity index (χ0v) is 17.1. The highest BCUT2D eigenvalue weighted by Crippen LogP contribution is 2.37. The summed E-state index contributed by atoms with van der Waals surface area (Å²) in [5, 5.41) is 15.3. The van der Waals surface area contributed by atoms with E-state index in [9.17, 15) is 14.5 Å². The summed E-state index contributed by atoms with van der Waals surface area (Å²) in [6, 6.07) is 3.18. The van der Waals surface area contributed by atoms with Gasteiger partial charge in [-0.05, 0) is 36.5 Å². The van der Waals surface area contributed by atoms with Gasteiger partial charge in [-0.3, -0.25) is 15.1 Å². The maximum atomic E-state index is 14.1. The number of allylic oxidation sites excluding steroid dienone is 1. The van der Waals surface area contributed by atoms with Gasteiger partial charge in [0.2, 0.25) is 5.65 Å². The Labute approximate surface area is 173 Å². The minimum atomic E-state index is -0.494. The topological polar surface area (TPSA) is 89.5 Å². The first-order valence-corrected chi connectivity index (χ1v) is 9.83. The summed E-state index contributed by atoms with van der Waals surface area (Å²) in [6.07, 6.45) is 9.78. The van der Waals surface area contributed by atoms with Gasteiger partial charge in [0.25, 0.3) is 0 Å². The molecule has 0 bridgehead atoms. The molecule has 1 aliphatic heterocycles. The molecule has 1 atom stereocenters. The molecule has 0 aromatic carbocycles. The average molecular weight is 410 g/mol. The summed E-state index contributed by atoms with van der Waals surface area (Å²) in [6.45, 7) is 6.99. The normalized spacial score (nSPS) is 17.3. The molecular weight excluding hydrogens is 387 g/mol. The van der Waals surface area contributed by atoms with Gasteiger partial charge in [-0.25, -0.2) is 13.9 Å². The maximum absolute atomic E-state index is 14.1. The molecule has 3 aromatic heterocycles. The number of nitrogens with zero attached hydrogens (tertiary/aromatic N) is 6. The van der Waals surface area contributed by atoms with Gasteiger partial charge >= 0.3 is 5.69 Å². The van der Waals surface area contributed by atoms with Crippen LogP contribution in [0.25, 0.3) is 11.7 Å². The van der Waals surface area contributed by atoms with Crippen molar-refractivity contribution in [2.24, 2.45) is 5.41 Å². The van der Waals surface area contributed by atoms with Gasteiger partial charge in [0.1, 0.15) is 17.8 Å². The fourth-order valence-corrected chi connectivity index (χ4v) is 3.70. The first kappa shape index (κ1) is 19.9. The zero-order valence-electron chi connectivity index (χ0n) is 17.1. The smallest absolute Gasteiger partial charge is 0.333 e. The number of rotatable bonds is 4. The standard InChI is InChI=1S/C21H23FN6O2/c1-21(2,3)8-6-16-15(11-14(22)12-23-16)17-5-4-9-26(17)19-7-10-27-20(25-19)18(13-24-27)28(29)30/h6-8,10-13,17H,4-5,9H2,1-3H3/b8-6+. The van der Waals surface area contributed by atoms with Gasteiger partial charge in [-0.15, -0.1) is 0 Å². The number of anilines is 1. The van der Waals surface area contributed by atoms with E-state index in [4.69, 9.17) is 0 Å². The molecule has 30 heavy (non-hydrogen) atoms. The van der Waals surface area contributed by atoms with E-state index in [0.717, 1.165) is 24.1 Å². The van der Waals surface area contributed by atoms with Crippen molar-refractivity contribution in [1.29, 1.82) is 0 Å². The minimum Gasteiger partial charge on any atom is -0.349 e. The van der Waals surface area contributed by atoms with Crippen molar-refractivity contribution in [3.05, 3.63) is 64.0 Å². The maximum Gasteiger partial charge on any atom is 0.333 e. The molecule has 9 heteroatoms. The second kappa shape index (κ2) is 7.47. The summed E-state index contributed by atoms with van der Waals surface area (Å²) in [4.78, 5) is 21.7. The van der Waals surface area contributed by atoms with Crippen LogP contribution in [0.1, 0.15) is 50.9 Å². The van der Waals surface area contributed by atoms with E-state index in [1.165, 1.54) is 23.0 Å². The van der Waals surface area contributed by atoms with Crippen LogP contribution in [0.5, 0.6) is 0 Å². The van der Waals surface area contributed by atoms with Crippen molar-refractivity contribution in [2.75, 3.05) is 11.4 Å². The largest absolute Gasteiger partial charge is 0.349 e. The van der Waals surface area contributed by atoms with Crippen LogP contribution in [0.2, 0.25) is 0 Å². The number of aromatic nitrogens is 4. The van der Waals surface area contributed by atoms with E-state index in [2.05, 4.69) is 46.8 Å². The number of fused-ring (bicyclic) bond motifs is 1. The molecule has 4 rings (SSSR count). The number of hydrogen-bond acceptors (Lipinski definition) is 6. The lowest BCUT2D eigenvalue weighted by atomic mass is 9.94. The van der Waals surface area contributed by atoms with Gasteiger partial charge < -0.3 is 4.90 Å². The number of nitro groups is 1. The van der Waals surface area contributed by atoms with Crippen LogP contribution in [0.4, 0.5) is 15.9 Å².